The SMILES string of the molecule is CCCn1cc(CN2CCN(S(=O)(=O)N(C)C)CC2)c(C)n1. The van der Waals surface area contributed by atoms with E-state index in [0.29, 0.717) is 13.1 Å². The summed E-state index contributed by atoms with van der Waals surface area (Å²) in [7, 11) is -0.131. The molecule has 1 aromatic heterocycles. The third kappa shape index (κ3) is 3.87. The molecule has 7 nitrogen and oxygen atoms in total. The maximum Gasteiger partial charge on any atom is 0.281 e. The molecule has 2 heterocycles. The molecule has 1 saturated heterocycles. The summed E-state index contributed by atoms with van der Waals surface area (Å²) in [6.07, 6.45) is 3.18. The van der Waals surface area contributed by atoms with Crippen LogP contribution in [0, 0.1) is 6.92 Å². The minimum Gasteiger partial charge on any atom is -0.296 e. The first kappa shape index (κ1) is 17.4. The van der Waals surface area contributed by atoms with Gasteiger partial charge in [0.1, 0.15) is 0 Å². The van der Waals surface area contributed by atoms with Crippen molar-refractivity contribution in [3.8, 4) is 0 Å². The first-order chi connectivity index (χ1) is 10.3. The summed E-state index contributed by atoms with van der Waals surface area (Å²) in [5.41, 5.74) is 2.30. The Kier molecular flexibility index (Phi) is 5.60. The molecule has 0 atom stereocenters. The van der Waals surface area contributed by atoms with E-state index in [2.05, 4.69) is 23.1 Å². The predicted octanol–water partition coefficient (Wildman–Crippen LogP) is 0.526. The Balaban J connectivity index is 1.93. The predicted molar refractivity (Wildman–Crippen MR) is 86.7 cm³/mol. The zero-order valence-corrected chi connectivity index (χ0v) is 14.8. The van der Waals surface area contributed by atoms with Crippen LogP contribution in [0.4, 0.5) is 0 Å². The fourth-order valence-electron chi connectivity index (χ4n) is 2.65. The Morgan fingerprint density at radius 2 is 1.86 bits per heavy atom. The molecule has 0 bridgehead atoms. The van der Waals surface area contributed by atoms with E-state index in [1.165, 1.54) is 9.87 Å². The van der Waals surface area contributed by atoms with Gasteiger partial charge in [-0.1, -0.05) is 6.92 Å². The van der Waals surface area contributed by atoms with Gasteiger partial charge in [0.2, 0.25) is 0 Å². The second-order valence-corrected chi connectivity index (χ2v) is 8.11. The third-order valence-corrected chi connectivity index (χ3v) is 5.95. The normalized spacial score (nSPS) is 18.2. The van der Waals surface area contributed by atoms with E-state index in [9.17, 15) is 8.42 Å². The van der Waals surface area contributed by atoms with E-state index in [-0.39, 0.29) is 0 Å². The van der Waals surface area contributed by atoms with Crippen molar-refractivity contribution in [2.75, 3.05) is 40.3 Å². The van der Waals surface area contributed by atoms with Crippen LogP contribution in [0.1, 0.15) is 24.6 Å². The van der Waals surface area contributed by atoms with Gasteiger partial charge in [0.15, 0.2) is 0 Å². The minimum absolute atomic E-state index is 0.544. The molecule has 8 heteroatoms. The molecule has 1 aliphatic rings. The summed E-state index contributed by atoms with van der Waals surface area (Å²) < 4.78 is 29.0. The summed E-state index contributed by atoms with van der Waals surface area (Å²) in [6.45, 7) is 8.55. The molecule has 0 aliphatic carbocycles. The fraction of sp³-hybridized carbons (Fsp3) is 0.786. The van der Waals surface area contributed by atoms with Gasteiger partial charge < -0.3 is 0 Å². The minimum atomic E-state index is -3.28. The molecule has 0 radical (unpaired) electrons. The average Bonchev–Trinajstić information content (AvgIpc) is 2.80. The van der Waals surface area contributed by atoms with E-state index in [4.69, 9.17) is 0 Å². The number of hydrogen-bond donors (Lipinski definition) is 0. The monoisotopic (exact) mass is 329 g/mol. The first-order valence-corrected chi connectivity index (χ1v) is 9.17. The van der Waals surface area contributed by atoms with Crippen LogP contribution in [0.15, 0.2) is 6.20 Å². The second-order valence-electron chi connectivity index (χ2n) is 5.97. The highest BCUT2D eigenvalue weighted by Crippen LogP contribution is 2.14. The zero-order chi connectivity index (χ0) is 16.3. The lowest BCUT2D eigenvalue weighted by Crippen LogP contribution is -2.51. The van der Waals surface area contributed by atoms with Gasteiger partial charge in [0, 0.05) is 65.1 Å². The van der Waals surface area contributed by atoms with Crippen molar-refractivity contribution in [2.24, 2.45) is 0 Å². The van der Waals surface area contributed by atoms with E-state index in [1.54, 1.807) is 18.4 Å². The largest absolute Gasteiger partial charge is 0.296 e. The van der Waals surface area contributed by atoms with Crippen LogP contribution < -0.4 is 0 Å². The third-order valence-electron chi connectivity index (χ3n) is 4.01. The lowest BCUT2D eigenvalue weighted by atomic mass is 10.2. The molecule has 0 saturated carbocycles. The van der Waals surface area contributed by atoms with Crippen LogP contribution in [-0.2, 0) is 23.3 Å². The average molecular weight is 329 g/mol. The number of hydrogen-bond acceptors (Lipinski definition) is 4. The molecule has 0 amide bonds. The lowest BCUT2D eigenvalue weighted by molar-refractivity contribution is 0.177. The van der Waals surface area contributed by atoms with E-state index < -0.39 is 10.2 Å². The number of aryl methyl sites for hydroxylation is 2. The quantitative estimate of drug-likeness (QED) is 0.764. The van der Waals surface area contributed by atoms with Crippen LogP contribution in [0.3, 0.4) is 0 Å². The summed E-state index contributed by atoms with van der Waals surface area (Å²) in [5.74, 6) is 0. The van der Waals surface area contributed by atoms with Gasteiger partial charge >= 0.3 is 0 Å². The number of nitrogens with zero attached hydrogens (tertiary/aromatic N) is 5. The van der Waals surface area contributed by atoms with Crippen molar-refractivity contribution in [1.29, 1.82) is 0 Å². The molecule has 1 aliphatic heterocycles. The maximum absolute atomic E-state index is 12.1. The Labute approximate surface area is 133 Å². The molecule has 22 heavy (non-hydrogen) atoms. The standard InChI is InChI=1S/C14H27N5O2S/c1-5-6-18-12-14(13(2)15-18)11-17-7-9-19(10-8-17)22(20,21)16(3)4/h12H,5-11H2,1-4H3. The van der Waals surface area contributed by atoms with Crippen LogP contribution in [0.25, 0.3) is 0 Å². The van der Waals surface area contributed by atoms with Crippen molar-refractivity contribution < 1.29 is 8.42 Å². The first-order valence-electron chi connectivity index (χ1n) is 7.77. The van der Waals surface area contributed by atoms with Crippen molar-refractivity contribution in [1.82, 2.24) is 23.3 Å². The topological polar surface area (TPSA) is 61.7 Å². The fourth-order valence-corrected chi connectivity index (χ4v) is 3.73. The highest BCUT2D eigenvalue weighted by molar-refractivity contribution is 7.86. The second kappa shape index (κ2) is 7.08. The Morgan fingerprint density at radius 3 is 2.41 bits per heavy atom. The highest BCUT2D eigenvalue weighted by Gasteiger charge is 2.28. The van der Waals surface area contributed by atoms with E-state index in [0.717, 1.165) is 38.3 Å². The van der Waals surface area contributed by atoms with Gasteiger partial charge in [-0.25, -0.2) is 0 Å². The number of piperazine rings is 1. The van der Waals surface area contributed by atoms with Crippen molar-refractivity contribution in [3.63, 3.8) is 0 Å². The van der Waals surface area contributed by atoms with Gasteiger partial charge in [-0.2, -0.15) is 22.1 Å². The molecule has 0 unspecified atom stereocenters. The molecule has 0 spiro atoms. The summed E-state index contributed by atoms with van der Waals surface area (Å²) in [6, 6.07) is 0. The Bertz CT molecular complexity index is 588. The molecule has 0 aromatic carbocycles. The molecule has 1 aromatic rings. The van der Waals surface area contributed by atoms with Gasteiger partial charge in [0.05, 0.1) is 5.69 Å². The van der Waals surface area contributed by atoms with Gasteiger partial charge in [-0.15, -0.1) is 0 Å². The zero-order valence-electron chi connectivity index (χ0n) is 14.0. The van der Waals surface area contributed by atoms with Crippen molar-refractivity contribution in [3.05, 3.63) is 17.5 Å². The van der Waals surface area contributed by atoms with Crippen LogP contribution in [0.2, 0.25) is 0 Å². The van der Waals surface area contributed by atoms with Crippen LogP contribution in [0.5, 0.6) is 0 Å². The van der Waals surface area contributed by atoms with Gasteiger partial charge in [-0.05, 0) is 13.3 Å². The molecule has 1 fully saturated rings. The Morgan fingerprint density at radius 1 is 1.23 bits per heavy atom. The summed E-state index contributed by atoms with van der Waals surface area (Å²) in [4.78, 5) is 2.29. The number of rotatable bonds is 6. The summed E-state index contributed by atoms with van der Waals surface area (Å²) in [5, 5.41) is 4.52. The maximum atomic E-state index is 12.1. The molecular weight excluding hydrogens is 302 g/mol. The number of aromatic nitrogens is 2. The molecule has 126 valence electrons. The molecular formula is C14H27N5O2S. The Hall–Kier alpha value is -0.960. The van der Waals surface area contributed by atoms with Gasteiger partial charge in [-0.3, -0.25) is 9.58 Å². The lowest BCUT2D eigenvalue weighted by Gasteiger charge is -2.35. The van der Waals surface area contributed by atoms with Crippen LogP contribution in [-0.4, -0.2) is 72.0 Å². The summed E-state index contributed by atoms with van der Waals surface area (Å²) >= 11 is 0. The highest BCUT2D eigenvalue weighted by atomic mass is 32.2. The van der Waals surface area contributed by atoms with Crippen molar-refractivity contribution in [2.45, 2.75) is 33.4 Å². The van der Waals surface area contributed by atoms with Gasteiger partial charge in [0.25, 0.3) is 10.2 Å². The smallest absolute Gasteiger partial charge is 0.281 e. The van der Waals surface area contributed by atoms with E-state index in [1.807, 2.05) is 11.6 Å². The molecule has 0 N–H and O–H groups in total. The molecule has 2 rings (SSSR count). The van der Waals surface area contributed by atoms with E-state index >= 15 is 0 Å². The van der Waals surface area contributed by atoms with Crippen LogP contribution >= 0.6 is 0 Å². The van der Waals surface area contributed by atoms with Crippen molar-refractivity contribution >= 4 is 10.2 Å².